The van der Waals surface area contributed by atoms with Gasteiger partial charge in [0.2, 0.25) is 5.88 Å². The number of hydrogen-bond acceptors (Lipinski definition) is 7. The minimum atomic E-state index is -0.569. The highest BCUT2D eigenvalue weighted by molar-refractivity contribution is 5.85. The maximum Gasteiger partial charge on any atom is 0.331 e. The van der Waals surface area contributed by atoms with Crippen molar-refractivity contribution in [1.82, 2.24) is 15.0 Å². The van der Waals surface area contributed by atoms with Crippen LogP contribution in [0, 0.1) is 17.0 Å². The Morgan fingerprint density at radius 2 is 2.00 bits per heavy atom. The van der Waals surface area contributed by atoms with Crippen LogP contribution in [-0.2, 0) is 0 Å². The van der Waals surface area contributed by atoms with E-state index in [9.17, 15) is 10.1 Å². The van der Waals surface area contributed by atoms with E-state index < -0.39 is 4.92 Å². The van der Waals surface area contributed by atoms with Gasteiger partial charge in [0.05, 0.1) is 17.3 Å². The second-order valence-electron chi connectivity index (χ2n) is 3.48. The number of nitrogens with zero attached hydrogens (tertiary/aromatic N) is 4. The second-order valence-corrected chi connectivity index (χ2v) is 3.48. The first-order chi connectivity index (χ1) is 8.56. The number of anilines is 1. The highest BCUT2D eigenvalue weighted by Crippen LogP contribution is 2.28. The normalized spacial score (nSPS) is 9.53. The van der Waals surface area contributed by atoms with Crippen molar-refractivity contribution >= 4 is 23.9 Å². The van der Waals surface area contributed by atoms with Gasteiger partial charge in [-0.2, -0.15) is 0 Å². The van der Waals surface area contributed by atoms with Crippen molar-refractivity contribution in [3.63, 3.8) is 0 Å². The number of aryl methyl sites for hydroxylation is 1. The fraction of sp³-hybridized carbons (Fsp3) is 0.100. The topological polar surface area (TPSA) is 117 Å². The molecule has 0 radical (unpaired) electrons. The number of halogens is 1. The molecule has 0 fully saturated rings. The molecule has 0 aromatic carbocycles. The third kappa shape index (κ3) is 3.49. The molecular weight excluding hydrogens is 274 g/mol. The number of nitrogens with two attached hydrogens (primary N) is 1. The summed E-state index contributed by atoms with van der Waals surface area (Å²) in [6.45, 7) is 1.70. The summed E-state index contributed by atoms with van der Waals surface area (Å²) in [6, 6.07) is 1.37. The zero-order valence-corrected chi connectivity index (χ0v) is 10.6. The van der Waals surface area contributed by atoms with Crippen LogP contribution >= 0.6 is 12.4 Å². The van der Waals surface area contributed by atoms with E-state index in [-0.39, 0.29) is 35.7 Å². The van der Waals surface area contributed by atoms with Crippen LogP contribution in [0.3, 0.4) is 0 Å². The Morgan fingerprint density at radius 3 is 2.58 bits per heavy atom. The molecule has 2 aromatic rings. The molecule has 0 unspecified atom stereocenters. The molecule has 0 aliphatic heterocycles. The molecule has 19 heavy (non-hydrogen) atoms. The van der Waals surface area contributed by atoms with Crippen molar-refractivity contribution in [2.45, 2.75) is 6.92 Å². The van der Waals surface area contributed by atoms with Gasteiger partial charge >= 0.3 is 11.6 Å². The minimum Gasteiger partial charge on any atom is -0.413 e. The molecule has 0 aliphatic rings. The third-order valence-electron chi connectivity index (χ3n) is 2.02. The van der Waals surface area contributed by atoms with E-state index >= 15 is 0 Å². The predicted octanol–water partition coefficient (Wildman–Crippen LogP) is 1.88. The van der Waals surface area contributed by atoms with Gasteiger partial charge in [-0.15, -0.1) is 12.4 Å². The largest absolute Gasteiger partial charge is 0.413 e. The molecule has 8 nitrogen and oxygen atoms in total. The number of hydrogen-bond donors (Lipinski definition) is 1. The Balaban J connectivity index is 0.00000180. The molecule has 2 aromatic heterocycles. The number of ether oxygens (including phenoxy) is 1. The molecule has 0 saturated carbocycles. The Labute approximate surface area is 114 Å². The standard InChI is InChI=1S/C10H9N5O3.ClH/c1-6-2-7(15(16)17)10(14-3-6)18-9-5-12-8(11)4-13-9;/h2-5H,1H3,(H2,11,12);1H. The summed E-state index contributed by atoms with van der Waals surface area (Å²) in [5, 5.41) is 10.8. The van der Waals surface area contributed by atoms with Crippen LogP contribution in [0.15, 0.2) is 24.7 Å². The van der Waals surface area contributed by atoms with Gasteiger partial charge in [0.15, 0.2) is 0 Å². The van der Waals surface area contributed by atoms with Gasteiger partial charge in [0.25, 0.3) is 0 Å². The Hall–Kier alpha value is -2.48. The maximum atomic E-state index is 10.8. The van der Waals surface area contributed by atoms with Crippen LogP contribution in [0.4, 0.5) is 11.5 Å². The van der Waals surface area contributed by atoms with E-state index in [1.807, 2.05) is 0 Å². The van der Waals surface area contributed by atoms with Crippen molar-refractivity contribution in [2.75, 3.05) is 5.73 Å². The van der Waals surface area contributed by atoms with Crippen LogP contribution in [0.25, 0.3) is 0 Å². The monoisotopic (exact) mass is 283 g/mol. The SMILES string of the molecule is Cc1cnc(Oc2cnc(N)cn2)c([N+](=O)[O-])c1.Cl. The zero-order valence-electron chi connectivity index (χ0n) is 9.81. The number of aromatic nitrogens is 3. The first-order valence-corrected chi connectivity index (χ1v) is 4.92. The number of pyridine rings is 1. The smallest absolute Gasteiger partial charge is 0.331 e. The molecule has 2 rings (SSSR count). The summed E-state index contributed by atoms with van der Waals surface area (Å²) in [7, 11) is 0. The summed E-state index contributed by atoms with van der Waals surface area (Å²) in [5.41, 5.74) is 5.80. The fourth-order valence-electron chi connectivity index (χ4n) is 1.23. The minimum absolute atomic E-state index is 0. The highest BCUT2D eigenvalue weighted by Gasteiger charge is 2.18. The lowest BCUT2D eigenvalue weighted by molar-refractivity contribution is -0.386. The highest BCUT2D eigenvalue weighted by atomic mass is 35.5. The maximum absolute atomic E-state index is 10.8. The lowest BCUT2D eigenvalue weighted by Crippen LogP contribution is -1.99. The van der Waals surface area contributed by atoms with E-state index in [2.05, 4.69) is 15.0 Å². The first kappa shape index (κ1) is 14.6. The summed E-state index contributed by atoms with van der Waals surface area (Å²) >= 11 is 0. The van der Waals surface area contributed by atoms with Crippen LogP contribution in [0.2, 0.25) is 0 Å². The molecule has 100 valence electrons. The van der Waals surface area contributed by atoms with Gasteiger partial charge < -0.3 is 10.5 Å². The predicted molar refractivity (Wildman–Crippen MR) is 69.4 cm³/mol. The van der Waals surface area contributed by atoms with Crippen molar-refractivity contribution < 1.29 is 9.66 Å². The van der Waals surface area contributed by atoms with Crippen molar-refractivity contribution in [3.8, 4) is 11.8 Å². The Bertz CT molecular complexity index is 590. The van der Waals surface area contributed by atoms with Gasteiger partial charge in [-0.3, -0.25) is 10.1 Å². The molecule has 2 N–H and O–H groups in total. The molecule has 0 bridgehead atoms. The zero-order chi connectivity index (χ0) is 13.1. The average Bonchev–Trinajstić information content (AvgIpc) is 2.34. The lowest BCUT2D eigenvalue weighted by atomic mass is 10.3. The van der Waals surface area contributed by atoms with E-state index in [0.717, 1.165) is 0 Å². The summed E-state index contributed by atoms with van der Waals surface area (Å²) < 4.78 is 5.20. The van der Waals surface area contributed by atoms with E-state index in [1.165, 1.54) is 24.7 Å². The van der Waals surface area contributed by atoms with Crippen LogP contribution in [-0.4, -0.2) is 19.9 Å². The molecule has 0 atom stereocenters. The molecule has 2 heterocycles. The van der Waals surface area contributed by atoms with Gasteiger partial charge in [-0.25, -0.2) is 15.0 Å². The molecule has 0 aliphatic carbocycles. The summed E-state index contributed by atoms with van der Waals surface area (Å²) in [5.74, 6) is 0.182. The first-order valence-electron chi connectivity index (χ1n) is 4.92. The lowest BCUT2D eigenvalue weighted by Gasteiger charge is -2.04. The Kier molecular flexibility index (Phi) is 4.54. The number of rotatable bonds is 3. The summed E-state index contributed by atoms with van der Waals surface area (Å²) in [4.78, 5) is 21.7. The van der Waals surface area contributed by atoms with Gasteiger partial charge in [0, 0.05) is 12.3 Å². The van der Waals surface area contributed by atoms with Crippen molar-refractivity contribution in [3.05, 3.63) is 40.3 Å². The van der Waals surface area contributed by atoms with Crippen LogP contribution in [0.5, 0.6) is 11.8 Å². The number of nitro groups is 1. The van der Waals surface area contributed by atoms with Crippen LogP contribution < -0.4 is 10.5 Å². The van der Waals surface area contributed by atoms with E-state index in [0.29, 0.717) is 5.56 Å². The molecule has 0 saturated heterocycles. The molecule has 9 heteroatoms. The van der Waals surface area contributed by atoms with Crippen molar-refractivity contribution in [1.29, 1.82) is 0 Å². The number of nitrogen functional groups attached to an aromatic ring is 1. The van der Waals surface area contributed by atoms with Crippen LogP contribution in [0.1, 0.15) is 5.56 Å². The van der Waals surface area contributed by atoms with Crippen molar-refractivity contribution in [2.24, 2.45) is 0 Å². The average molecular weight is 284 g/mol. The molecule has 0 spiro atoms. The quantitative estimate of drug-likeness (QED) is 0.675. The molecule has 0 amide bonds. The van der Waals surface area contributed by atoms with Gasteiger partial charge in [0.1, 0.15) is 5.82 Å². The van der Waals surface area contributed by atoms with E-state index in [4.69, 9.17) is 10.5 Å². The summed E-state index contributed by atoms with van der Waals surface area (Å²) in [6.07, 6.45) is 4.02. The van der Waals surface area contributed by atoms with Gasteiger partial charge in [-0.1, -0.05) is 0 Å². The van der Waals surface area contributed by atoms with E-state index in [1.54, 1.807) is 6.92 Å². The third-order valence-corrected chi connectivity index (χ3v) is 2.02. The Morgan fingerprint density at radius 1 is 1.26 bits per heavy atom. The molecular formula is C10H10ClN5O3. The second kappa shape index (κ2) is 5.91. The fourth-order valence-corrected chi connectivity index (χ4v) is 1.23. The van der Waals surface area contributed by atoms with Gasteiger partial charge in [-0.05, 0) is 12.5 Å².